The van der Waals surface area contributed by atoms with Crippen LogP contribution in [0.2, 0.25) is 0 Å². The van der Waals surface area contributed by atoms with E-state index in [0.717, 1.165) is 21.7 Å². The first-order valence-corrected chi connectivity index (χ1v) is 9.23. The van der Waals surface area contributed by atoms with E-state index in [1.54, 1.807) is 6.34 Å². The topological polar surface area (TPSA) is 70.5 Å². The molecule has 6 nitrogen and oxygen atoms in total. The van der Waals surface area contributed by atoms with Gasteiger partial charge in [0.25, 0.3) is 0 Å². The van der Waals surface area contributed by atoms with Crippen LogP contribution in [-0.4, -0.2) is 42.7 Å². The molecule has 0 amide bonds. The number of hydrogen-bond donors (Lipinski definition) is 1. The fourth-order valence-electron chi connectivity index (χ4n) is 1.90. The van der Waals surface area contributed by atoms with Gasteiger partial charge < -0.3 is 10.2 Å². The summed E-state index contributed by atoms with van der Waals surface area (Å²) in [7, 11) is 3.83. The Bertz CT molecular complexity index is 664. The largest absolute Gasteiger partial charge is 0.362 e. The Hall–Kier alpha value is -2.02. The number of aromatic nitrogens is 2. The normalized spacial score (nSPS) is 11.4. The minimum atomic E-state index is 0.0129. The van der Waals surface area contributed by atoms with Crippen molar-refractivity contribution in [1.82, 2.24) is 9.97 Å². The standard InChI is InChI=1S/C11H11N5OS.3C2H6/c1-16(2)10-7-8-9(6(17)3-12-4-13-8)18-11(7)15-5-14-10;3*1-2/h4-5H,3H2,1-2H3,(H,12,13);3*1-2H3. The fourth-order valence-corrected chi connectivity index (χ4v) is 2.93. The summed E-state index contributed by atoms with van der Waals surface area (Å²) in [4.78, 5) is 27.8. The summed E-state index contributed by atoms with van der Waals surface area (Å²) in [5.41, 5.74) is 0.769. The van der Waals surface area contributed by atoms with Crippen molar-refractivity contribution in [3.05, 3.63) is 11.2 Å². The van der Waals surface area contributed by atoms with Crippen molar-refractivity contribution in [2.75, 3.05) is 30.9 Å². The lowest BCUT2D eigenvalue weighted by Crippen LogP contribution is -2.11. The van der Waals surface area contributed by atoms with Crippen molar-refractivity contribution in [3.8, 4) is 0 Å². The molecule has 3 heterocycles. The predicted octanol–water partition coefficient (Wildman–Crippen LogP) is 4.47. The Morgan fingerprint density at radius 3 is 2.29 bits per heavy atom. The fraction of sp³-hybridized carbons (Fsp3) is 0.529. The molecule has 0 saturated carbocycles. The first-order valence-electron chi connectivity index (χ1n) is 8.41. The Morgan fingerprint density at radius 2 is 1.71 bits per heavy atom. The summed E-state index contributed by atoms with van der Waals surface area (Å²) in [6, 6.07) is 0. The van der Waals surface area contributed by atoms with Gasteiger partial charge in [0.05, 0.1) is 22.3 Å². The highest BCUT2D eigenvalue weighted by atomic mass is 32.1. The quantitative estimate of drug-likeness (QED) is 0.820. The smallest absolute Gasteiger partial charge is 0.196 e. The van der Waals surface area contributed by atoms with E-state index in [-0.39, 0.29) is 12.3 Å². The van der Waals surface area contributed by atoms with Crippen LogP contribution in [0.15, 0.2) is 11.3 Å². The molecule has 0 saturated heterocycles. The van der Waals surface area contributed by atoms with Gasteiger partial charge in [0.1, 0.15) is 23.5 Å². The summed E-state index contributed by atoms with van der Waals surface area (Å²) >= 11 is 1.38. The lowest BCUT2D eigenvalue weighted by atomic mass is 10.2. The molecule has 0 aromatic carbocycles. The zero-order valence-corrected chi connectivity index (χ0v) is 16.8. The van der Waals surface area contributed by atoms with Gasteiger partial charge in [0.2, 0.25) is 0 Å². The molecule has 2 aromatic heterocycles. The minimum Gasteiger partial charge on any atom is -0.362 e. The number of anilines is 2. The number of thiophene rings is 1. The monoisotopic (exact) mass is 351 g/mol. The predicted molar refractivity (Wildman–Crippen MR) is 107 cm³/mol. The number of carbonyl (C=O) groups excluding carboxylic acids is 1. The summed E-state index contributed by atoms with van der Waals surface area (Å²) in [6.45, 7) is 12.2. The molecule has 0 radical (unpaired) electrons. The van der Waals surface area contributed by atoms with Gasteiger partial charge in [-0.1, -0.05) is 41.5 Å². The van der Waals surface area contributed by atoms with Gasteiger partial charge in [0.15, 0.2) is 5.78 Å². The molecule has 0 aliphatic carbocycles. The summed E-state index contributed by atoms with van der Waals surface area (Å²) in [6.07, 6.45) is 3.08. The summed E-state index contributed by atoms with van der Waals surface area (Å²) < 4.78 is 0. The minimum absolute atomic E-state index is 0.0129. The molecule has 0 unspecified atom stereocenters. The van der Waals surface area contributed by atoms with E-state index in [0.29, 0.717) is 4.88 Å². The third kappa shape index (κ3) is 4.74. The maximum absolute atomic E-state index is 12.0. The number of ketones is 1. The maximum atomic E-state index is 12.0. The van der Waals surface area contributed by atoms with Crippen molar-refractivity contribution < 1.29 is 4.79 Å². The van der Waals surface area contributed by atoms with Crippen LogP contribution in [0.4, 0.5) is 11.5 Å². The number of carbonyl (C=O) groups is 1. The Kier molecular flexibility index (Phi) is 10.5. The first-order chi connectivity index (χ1) is 11.7. The molecule has 7 heteroatoms. The van der Waals surface area contributed by atoms with E-state index in [9.17, 15) is 4.79 Å². The number of fused-ring (bicyclic) bond motifs is 3. The van der Waals surface area contributed by atoms with Gasteiger partial charge in [-0.05, 0) is 0 Å². The SMILES string of the molecule is CC.CC.CC.CN(C)c1ncnc2sc3c(c12)NC=NCC3=O. The molecular weight excluding hydrogens is 322 g/mol. The van der Waals surface area contributed by atoms with Crippen molar-refractivity contribution in [3.63, 3.8) is 0 Å². The van der Waals surface area contributed by atoms with Gasteiger partial charge >= 0.3 is 0 Å². The molecule has 134 valence electrons. The molecule has 2 aromatic rings. The van der Waals surface area contributed by atoms with Crippen LogP contribution >= 0.6 is 11.3 Å². The average molecular weight is 352 g/mol. The Balaban J connectivity index is 0.000000798. The number of nitrogens with one attached hydrogen (secondary N) is 1. The van der Waals surface area contributed by atoms with Crippen LogP contribution in [0, 0.1) is 0 Å². The van der Waals surface area contributed by atoms with Crippen molar-refractivity contribution in [1.29, 1.82) is 0 Å². The van der Waals surface area contributed by atoms with E-state index >= 15 is 0 Å². The molecule has 0 fully saturated rings. The highest BCUT2D eigenvalue weighted by molar-refractivity contribution is 7.21. The van der Waals surface area contributed by atoms with E-state index < -0.39 is 0 Å². The molecule has 0 atom stereocenters. The number of rotatable bonds is 1. The van der Waals surface area contributed by atoms with Gasteiger partial charge in [-0.25, -0.2) is 9.97 Å². The second-order valence-electron chi connectivity index (χ2n) is 4.12. The second-order valence-corrected chi connectivity index (χ2v) is 5.11. The summed E-state index contributed by atoms with van der Waals surface area (Å²) in [5.74, 6) is 0.812. The van der Waals surface area contributed by atoms with E-state index in [1.807, 2.05) is 60.5 Å². The third-order valence-electron chi connectivity index (χ3n) is 2.68. The molecule has 1 aliphatic heterocycles. The first kappa shape index (κ1) is 22.0. The van der Waals surface area contributed by atoms with Crippen LogP contribution in [0.25, 0.3) is 10.2 Å². The Labute approximate surface area is 149 Å². The lowest BCUT2D eigenvalue weighted by molar-refractivity contribution is 0.101. The van der Waals surface area contributed by atoms with E-state index in [2.05, 4.69) is 20.3 Å². The lowest BCUT2D eigenvalue weighted by Gasteiger charge is -2.12. The van der Waals surface area contributed by atoms with Crippen molar-refractivity contribution in [2.45, 2.75) is 41.5 Å². The highest BCUT2D eigenvalue weighted by Gasteiger charge is 2.23. The highest BCUT2D eigenvalue weighted by Crippen LogP contribution is 2.39. The molecule has 3 rings (SSSR count). The van der Waals surface area contributed by atoms with E-state index in [4.69, 9.17) is 0 Å². The third-order valence-corrected chi connectivity index (χ3v) is 3.82. The summed E-state index contributed by atoms with van der Waals surface area (Å²) in [5, 5.41) is 3.94. The van der Waals surface area contributed by atoms with Gasteiger partial charge in [-0.2, -0.15) is 0 Å². The average Bonchev–Trinajstić information content (AvgIpc) is 2.93. The molecular formula is C17H29N5OS. The molecule has 0 spiro atoms. The van der Waals surface area contributed by atoms with Gasteiger partial charge in [-0.15, -0.1) is 11.3 Å². The molecule has 24 heavy (non-hydrogen) atoms. The molecule has 1 aliphatic rings. The zero-order chi connectivity index (χ0) is 18.7. The maximum Gasteiger partial charge on any atom is 0.196 e. The van der Waals surface area contributed by atoms with E-state index in [1.165, 1.54) is 17.7 Å². The van der Waals surface area contributed by atoms with Crippen LogP contribution in [0.5, 0.6) is 0 Å². The molecule has 1 N–H and O–H groups in total. The number of hydrogen-bond acceptors (Lipinski definition) is 7. The van der Waals surface area contributed by atoms with Crippen LogP contribution in [0.1, 0.15) is 51.2 Å². The van der Waals surface area contributed by atoms with Crippen molar-refractivity contribution in [2.24, 2.45) is 4.99 Å². The number of aliphatic imine (C=N–C) groups is 1. The second kappa shape index (κ2) is 11.5. The van der Waals surface area contributed by atoms with Crippen molar-refractivity contribution >= 4 is 45.2 Å². The van der Waals surface area contributed by atoms with Crippen LogP contribution in [-0.2, 0) is 0 Å². The van der Waals surface area contributed by atoms with Crippen LogP contribution < -0.4 is 10.2 Å². The Morgan fingerprint density at radius 1 is 1.08 bits per heavy atom. The van der Waals surface area contributed by atoms with Gasteiger partial charge in [-0.3, -0.25) is 9.79 Å². The van der Waals surface area contributed by atoms with Gasteiger partial charge in [0, 0.05) is 14.1 Å². The molecule has 0 bridgehead atoms. The number of Topliss-reactive ketones (excluding diaryl/α,β-unsaturated/α-hetero) is 1. The number of nitrogens with zero attached hydrogens (tertiary/aromatic N) is 4. The van der Waals surface area contributed by atoms with Crippen LogP contribution in [0.3, 0.4) is 0 Å². The zero-order valence-electron chi connectivity index (χ0n) is 16.0.